The summed E-state index contributed by atoms with van der Waals surface area (Å²) in [6.45, 7) is 6.45. The topological polar surface area (TPSA) is 29.3 Å². The maximum absolute atomic E-state index is 13.2. The second-order valence-corrected chi connectivity index (χ2v) is 5.65. The third kappa shape index (κ3) is 3.30. The summed E-state index contributed by atoms with van der Waals surface area (Å²) >= 11 is 0. The summed E-state index contributed by atoms with van der Waals surface area (Å²) < 4.78 is 13.2. The molecule has 0 aromatic heterocycles. The van der Waals surface area contributed by atoms with Crippen molar-refractivity contribution >= 4 is 0 Å². The van der Waals surface area contributed by atoms with Gasteiger partial charge in [-0.05, 0) is 43.4 Å². The molecule has 3 atom stereocenters. The van der Waals surface area contributed by atoms with Crippen molar-refractivity contribution < 1.29 is 4.39 Å². The van der Waals surface area contributed by atoms with E-state index in [1.807, 2.05) is 6.07 Å². The van der Waals surface area contributed by atoms with E-state index < -0.39 is 0 Å². The SMILES string of the molecule is CC1CCC(C)N(CC(N)c2cccc(F)c2)C1. The first-order valence-corrected chi connectivity index (χ1v) is 6.81. The highest BCUT2D eigenvalue weighted by molar-refractivity contribution is 5.20. The zero-order valence-corrected chi connectivity index (χ0v) is 11.3. The summed E-state index contributed by atoms with van der Waals surface area (Å²) in [4.78, 5) is 2.43. The largest absolute Gasteiger partial charge is 0.323 e. The molecule has 100 valence electrons. The average Bonchev–Trinajstić information content (AvgIpc) is 2.34. The van der Waals surface area contributed by atoms with Crippen molar-refractivity contribution in [1.82, 2.24) is 4.90 Å². The van der Waals surface area contributed by atoms with Crippen LogP contribution in [0.25, 0.3) is 0 Å². The van der Waals surface area contributed by atoms with Crippen molar-refractivity contribution in [3.05, 3.63) is 35.6 Å². The maximum atomic E-state index is 13.2. The van der Waals surface area contributed by atoms with Gasteiger partial charge in [-0.2, -0.15) is 0 Å². The van der Waals surface area contributed by atoms with E-state index in [0.717, 1.165) is 24.6 Å². The van der Waals surface area contributed by atoms with Crippen molar-refractivity contribution in [1.29, 1.82) is 0 Å². The monoisotopic (exact) mass is 250 g/mol. The normalized spacial score (nSPS) is 27.1. The Bertz CT molecular complexity index is 394. The molecule has 1 aromatic rings. The van der Waals surface area contributed by atoms with E-state index in [9.17, 15) is 4.39 Å². The molecule has 1 heterocycles. The number of halogens is 1. The first kappa shape index (κ1) is 13.5. The number of nitrogens with two attached hydrogens (primary N) is 1. The molecule has 1 aromatic carbocycles. The van der Waals surface area contributed by atoms with Gasteiger partial charge in [0, 0.05) is 25.2 Å². The number of hydrogen-bond donors (Lipinski definition) is 1. The van der Waals surface area contributed by atoms with Crippen LogP contribution in [0.2, 0.25) is 0 Å². The Morgan fingerprint density at radius 1 is 1.39 bits per heavy atom. The second-order valence-electron chi connectivity index (χ2n) is 5.65. The van der Waals surface area contributed by atoms with Gasteiger partial charge >= 0.3 is 0 Å². The predicted octanol–water partition coefficient (Wildman–Crippen LogP) is 2.95. The van der Waals surface area contributed by atoms with Gasteiger partial charge in [0.05, 0.1) is 0 Å². The van der Waals surface area contributed by atoms with Crippen LogP contribution in [0, 0.1) is 11.7 Å². The molecule has 0 amide bonds. The fraction of sp³-hybridized carbons (Fsp3) is 0.600. The van der Waals surface area contributed by atoms with Crippen molar-refractivity contribution in [2.45, 2.75) is 38.8 Å². The molecule has 2 rings (SSSR count). The first-order chi connectivity index (χ1) is 8.56. The fourth-order valence-electron chi connectivity index (χ4n) is 2.73. The van der Waals surface area contributed by atoms with Crippen LogP contribution in [0.4, 0.5) is 4.39 Å². The van der Waals surface area contributed by atoms with Gasteiger partial charge in [0.2, 0.25) is 0 Å². The molecule has 18 heavy (non-hydrogen) atoms. The Kier molecular flexibility index (Phi) is 4.36. The number of likely N-dealkylation sites (tertiary alicyclic amines) is 1. The first-order valence-electron chi connectivity index (χ1n) is 6.81. The summed E-state index contributed by atoms with van der Waals surface area (Å²) in [6, 6.07) is 7.12. The minimum absolute atomic E-state index is 0.103. The van der Waals surface area contributed by atoms with E-state index in [0.29, 0.717) is 6.04 Å². The number of nitrogens with zero attached hydrogens (tertiary/aromatic N) is 1. The Balaban J connectivity index is 2.00. The van der Waals surface area contributed by atoms with Crippen LogP contribution in [0.15, 0.2) is 24.3 Å². The van der Waals surface area contributed by atoms with Gasteiger partial charge in [0.15, 0.2) is 0 Å². The van der Waals surface area contributed by atoms with E-state index in [2.05, 4.69) is 18.7 Å². The molecule has 2 nitrogen and oxygen atoms in total. The van der Waals surface area contributed by atoms with Gasteiger partial charge < -0.3 is 5.73 Å². The Labute approximate surface area is 109 Å². The van der Waals surface area contributed by atoms with Crippen molar-refractivity contribution in [3.63, 3.8) is 0 Å². The average molecular weight is 250 g/mol. The van der Waals surface area contributed by atoms with Gasteiger partial charge in [-0.25, -0.2) is 4.39 Å². The fourth-order valence-corrected chi connectivity index (χ4v) is 2.73. The molecule has 0 radical (unpaired) electrons. The maximum Gasteiger partial charge on any atom is 0.123 e. The van der Waals surface area contributed by atoms with Crippen molar-refractivity contribution in [3.8, 4) is 0 Å². The third-order valence-electron chi connectivity index (χ3n) is 3.95. The highest BCUT2D eigenvalue weighted by atomic mass is 19.1. The molecule has 1 aliphatic heterocycles. The minimum Gasteiger partial charge on any atom is -0.323 e. The van der Waals surface area contributed by atoms with E-state index in [1.54, 1.807) is 12.1 Å². The van der Waals surface area contributed by atoms with Gasteiger partial charge in [0.25, 0.3) is 0 Å². The lowest BCUT2D eigenvalue weighted by Gasteiger charge is -2.38. The molecule has 2 N–H and O–H groups in total. The zero-order valence-electron chi connectivity index (χ0n) is 11.3. The van der Waals surface area contributed by atoms with Gasteiger partial charge in [-0.3, -0.25) is 4.90 Å². The van der Waals surface area contributed by atoms with E-state index in [4.69, 9.17) is 5.73 Å². The summed E-state index contributed by atoms with van der Waals surface area (Å²) in [7, 11) is 0. The molecular weight excluding hydrogens is 227 g/mol. The molecule has 0 aliphatic carbocycles. The van der Waals surface area contributed by atoms with Crippen LogP contribution in [0.1, 0.15) is 38.3 Å². The standard InChI is InChI=1S/C15H23FN2/c1-11-6-7-12(2)18(9-11)10-15(17)13-4-3-5-14(16)8-13/h3-5,8,11-12,15H,6-7,9-10,17H2,1-2H3. The predicted molar refractivity (Wildman–Crippen MR) is 72.8 cm³/mol. The second kappa shape index (κ2) is 5.81. The highest BCUT2D eigenvalue weighted by Gasteiger charge is 2.24. The molecule has 3 heteroatoms. The summed E-state index contributed by atoms with van der Waals surface area (Å²) in [5.74, 6) is 0.531. The van der Waals surface area contributed by atoms with E-state index in [-0.39, 0.29) is 11.9 Å². The van der Waals surface area contributed by atoms with Crippen molar-refractivity contribution in [2.75, 3.05) is 13.1 Å². The van der Waals surface area contributed by atoms with Gasteiger partial charge in [-0.15, -0.1) is 0 Å². The molecule has 1 aliphatic rings. The Hall–Kier alpha value is -0.930. The minimum atomic E-state index is -0.206. The summed E-state index contributed by atoms with van der Waals surface area (Å²) in [6.07, 6.45) is 2.53. The van der Waals surface area contributed by atoms with Crippen molar-refractivity contribution in [2.24, 2.45) is 11.7 Å². The molecule has 1 fully saturated rings. The van der Waals surface area contributed by atoms with Crippen LogP contribution in [-0.4, -0.2) is 24.0 Å². The molecule has 3 unspecified atom stereocenters. The lowest BCUT2D eigenvalue weighted by Crippen LogP contribution is -2.44. The number of benzene rings is 1. The molecular formula is C15H23FN2. The zero-order chi connectivity index (χ0) is 13.1. The lowest BCUT2D eigenvalue weighted by molar-refractivity contribution is 0.117. The van der Waals surface area contributed by atoms with Gasteiger partial charge in [0.1, 0.15) is 5.82 Å². The quantitative estimate of drug-likeness (QED) is 0.893. The van der Waals surface area contributed by atoms with Crippen LogP contribution >= 0.6 is 0 Å². The summed E-state index contributed by atoms with van der Waals surface area (Å²) in [5.41, 5.74) is 7.08. The van der Waals surface area contributed by atoms with Crippen LogP contribution in [0.3, 0.4) is 0 Å². The van der Waals surface area contributed by atoms with Crippen LogP contribution in [0.5, 0.6) is 0 Å². The number of hydrogen-bond acceptors (Lipinski definition) is 2. The van der Waals surface area contributed by atoms with Crippen LogP contribution in [-0.2, 0) is 0 Å². The number of piperidine rings is 1. The van der Waals surface area contributed by atoms with E-state index >= 15 is 0 Å². The Morgan fingerprint density at radius 2 is 2.17 bits per heavy atom. The summed E-state index contributed by atoms with van der Waals surface area (Å²) in [5, 5.41) is 0. The van der Waals surface area contributed by atoms with Crippen LogP contribution < -0.4 is 5.73 Å². The molecule has 0 saturated carbocycles. The smallest absolute Gasteiger partial charge is 0.123 e. The molecule has 0 bridgehead atoms. The third-order valence-corrected chi connectivity index (χ3v) is 3.95. The molecule has 0 spiro atoms. The Morgan fingerprint density at radius 3 is 2.89 bits per heavy atom. The highest BCUT2D eigenvalue weighted by Crippen LogP contribution is 2.23. The number of rotatable bonds is 3. The van der Waals surface area contributed by atoms with Gasteiger partial charge in [-0.1, -0.05) is 19.1 Å². The van der Waals surface area contributed by atoms with E-state index in [1.165, 1.54) is 18.9 Å². The lowest BCUT2D eigenvalue weighted by atomic mass is 9.94. The molecule has 1 saturated heterocycles.